The number of fused-ring (bicyclic) bond motifs is 1. The molecular weight excluding hydrogens is 431 g/mol. The van der Waals surface area contributed by atoms with Gasteiger partial charge in [0.2, 0.25) is 0 Å². The van der Waals surface area contributed by atoms with Crippen molar-refractivity contribution >= 4 is 34.3 Å². The number of esters is 1. The molecule has 1 N–H and O–H groups in total. The van der Waals surface area contributed by atoms with Crippen molar-refractivity contribution in [2.75, 3.05) is 12.4 Å². The third kappa shape index (κ3) is 4.34. The number of anilines is 1. The Morgan fingerprint density at radius 3 is 2.66 bits per heavy atom. The number of hydrogen-bond donors (Lipinski definition) is 1. The van der Waals surface area contributed by atoms with Crippen LogP contribution in [0.25, 0.3) is 17.4 Å². The lowest BCUT2D eigenvalue weighted by Gasteiger charge is -2.11. The second-order valence-corrected chi connectivity index (χ2v) is 8.34. The summed E-state index contributed by atoms with van der Waals surface area (Å²) < 4.78 is 23.7. The average Bonchev–Trinajstić information content (AvgIpc) is 3.41. The topological polar surface area (TPSA) is 92.3 Å². The van der Waals surface area contributed by atoms with E-state index in [4.69, 9.17) is 9.15 Å². The normalized spacial score (nSPS) is 13.2. The molecule has 1 aromatic carbocycles. The van der Waals surface area contributed by atoms with Gasteiger partial charge in [0, 0.05) is 16.5 Å². The number of rotatable bonds is 5. The molecule has 2 aromatic heterocycles. The van der Waals surface area contributed by atoms with E-state index in [1.54, 1.807) is 24.3 Å². The number of furan rings is 1. The first-order valence-corrected chi connectivity index (χ1v) is 10.8. The fraction of sp³-hybridized carbons (Fsp3) is 0.208. The molecule has 0 radical (unpaired) electrons. The van der Waals surface area contributed by atoms with Gasteiger partial charge < -0.3 is 14.5 Å². The summed E-state index contributed by atoms with van der Waals surface area (Å²) in [4.78, 5) is 26.2. The molecule has 1 aliphatic rings. The molecule has 8 heteroatoms. The minimum absolute atomic E-state index is 0.174. The first kappa shape index (κ1) is 21.5. The Labute approximate surface area is 187 Å². The number of methoxy groups -OCH3 is 1. The van der Waals surface area contributed by atoms with Gasteiger partial charge in [-0.2, -0.15) is 5.26 Å². The Balaban J connectivity index is 1.59. The number of benzene rings is 1. The van der Waals surface area contributed by atoms with Crippen LogP contribution < -0.4 is 5.32 Å². The predicted molar refractivity (Wildman–Crippen MR) is 119 cm³/mol. The van der Waals surface area contributed by atoms with Gasteiger partial charge in [-0.05, 0) is 67.6 Å². The number of nitrogens with zero attached hydrogens (tertiary/aromatic N) is 1. The molecule has 0 fully saturated rings. The highest BCUT2D eigenvalue weighted by molar-refractivity contribution is 7.17. The maximum Gasteiger partial charge on any atom is 0.341 e. The summed E-state index contributed by atoms with van der Waals surface area (Å²) in [6.07, 6.45) is 4.93. The molecule has 1 aliphatic carbocycles. The van der Waals surface area contributed by atoms with Crippen molar-refractivity contribution in [3.8, 4) is 17.4 Å². The van der Waals surface area contributed by atoms with E-state index in [9.17, 15) is 19.2 Å². The second-order valence-electron chi connectivity index (χ2n) is 7.24. The summed E-state index contributed by atoms with van der Waals surface area (Å²) in [7, 11) is 1.30. The van der Waals surface area contributed by atoms with Gasteiger partial charge in [-0.15, -0.1) is 11.3 Å². The van der Waals surface area contributed by atoms with Gasteiger partial charge in [0.05, 0.1) is 12.7 Å². The largest absolute Gasteiger partial charge is 0.465 e. The van der Waals surface area contributed by atoms with E-state index in [1.807, 2.05) is 6.07 Å². The quantitative estimate of drug-likeness (QED) is 0.321. The molecule has 0 aliphatic heterocycles. The Morgan fingerprint density at radius 2 is 1.94 bits per heavy atom. The van der Waals surface area contributed by atoms with Crippen molar-refractivity contribution in [2.24, 2.45) is 0 Å². The molecule has 32 heavy (non-hydrogen) atoms. The summed E-state index contributed by atoms with van der Waals surface area (Å²) >= 11 is 1.35. The zero-order valence-corrected chi connectivity index (χ0v) is 18.1. The summed E-state index contributed by atoms with van der Waals surface area (Å²) in [5, 5.41) is 12.6. The molecule has 0 unspecified atom stereocenters. The van der Waals surface area contributed by atoms with Crippen LogP contribution in [0.1, 0.15) is 39.4 Å². The minimum Gasteiger partial charge on any atom is -0.465 e. The lowest BCUT2D eigenvalue weighted by atomic mass is 9.95. The molecule has 6 nitrogen and oxygen atoms in total. The Bertz CT molecular complexity index is 1250. The monoisotopic (exact) mass is 450 g/mol. The summed E-state index contributed by atoms with van der Waals surface area (Å²) in [6, 6.07) is 11.0. The van der Waals surface area contributed by atoms with Crippen LogP contribution in [0.2, 0.25) is 0 Å². The van der Waals surface area contributed by atoms with Gasteiger partial charge in [-0.3, -0.25) is 4.79 Å². The Kier molecular flexibility index (Phi) is 6.19. The van der Waals surface area contributed by atoms with Crippen LogP contribution in [0.15, 0.2) is 46.4 Å². The Morgan fingerprint density at radius 1 is 1.19 bits per heavy atom. The number of amides is 1. The Hall–Kier alpha value is -3.70. The maximum atomic E-state index is 13.1. The minimum atomic E-state index is -0.643. The standard InChI is InChI=1S/C24H19FN2O4S/c1-30-24(29)21-18-4-2-3-5-20(18)32-23(21)27-22(28)15(13-26)12-17-10-11-19(31-17)14-6-8-16(25)9-7-14/h6-12H,2-5H2,1H3,(H,27,28). The fourth-order valence-electron chi connectivity index (χ4n) is 3.63. The highest BCUT2D eigenvalue weighted by Gasteiger charge is 2.27. The number of nitrogens with one attached hydrogen (secondary N) is 1. The number of hydrogen-bond acceptors (Lipinski definition) is 6. The van der Waals surface area contributed by atoms with Gasteiger partial charge in [0.15, 0.2) is 0 Å². The first-order chi connectivity index (χ1) is 15.5. The van der Waals surface area contributed by atoms with E-state index in [0.717, 1.165) is 36.1 Å². The number of carbonyl (C=O) groups excluding carboxylic acids is 2. The third-order valence-corrected chi connectivity index (χ3v) is 6.40. The van der Waals surface area contributed by atoms with Crippen molar-refractivity contribution < 1.29 is 23.1 Å². The fourth-order valence-corrected chi connectivity index (χ4v) is 4.91. The lowest BCUT2D eigenvalue weighted by molar-refractivity contribution is -0.112. The molecule has 0 bridgehead atoms. The smallest absolute Gasteiger partial charge is 0.341 e. The molecular formula is C24H19FN2O4S. The van der Waals surface area contributed by atoms with Crippen LogP contribution in [0, 0.1) is 17.1 Å². The molecule has 3 aromatic rings. The van der Waals surface area contributed by atoms with Crippen molar-refractivity contribution in [1.29, 1.82) is 5.26 Å². The zero-order valence-electron chi connectivity index (χ0n) is 17.2. The third-order valence-electron chi connectivity index (χ3n) is 5.20. The van der Waals surface area contributed by atoms with Crippen LogP contribution in [-0.4, -0.2) is 19.0 Å². The highest BCUT2D eigenvalue weighted by atomic mass is 32.1. The van der Waals surface area contributed by atoms with Gasteiger partial charge in [0.1, 0.15) is 34.0 Å². The van der Waals surface area contributed by atoms with E-state index >= 15 is 0 Å². The van der Waals surface area contributed by atoms with E-state index in [0.29, 0.717) is 27.6 Å². The molecule has 4 rings (SSSR count). The van der Waals surface area contributed by atoms with Crippen molar-refractivity contribution in [1.82, 2.24) is 0 Å². The maximum absolute atomic E-state index is 13.1. The molecule has 0 saturated carbocycles. The molecule has 1 amide bonds. The van der Waals surface area contributed by atoms with Crippen LogP contribution in [-0.2, 0) is 22.4 Å². The van der Waals surface area contributed by atoms with Crippen LogP contribution in [0.3, 0.4) is 0 Å². The number of thiophene rings is 1. The van der Waals surface area contributed by atoms with Gasteiger partial charge in [-0.1, -0.05) is 0 Å². The first-order valence-electron chi connectivity index (χ1n) is 10.0. The molecule has 162 valence electrons. The summed E-state index contributed by atoms with van der Waals surface area (Å²) in [5.74, 6) is -0.721. The van der Waals surface area contributed by atoms with Crippen LogP contribution >= 0.6 is 11.3 Å². The second kappa shape index (κ2) is 9.20. The van der Waals surface area contributed by atoms with Gasteiger partial charge in [0.25, 0.3) is 5.91 Å². The molecule has 0 atom stereocenters. The van der Waals surface area contributed by atoms with Crippen LogP contribution in [0.4, 0.5) is 9.39 Å². The lowest BCUT2D eigenvalue weighted by Crippen LogP contribution is -2.16. The van der Waals surface area contributed by atoms with E-state index < -0.39 is 11.9 Å². The zero-order chi connectivity index (χ0) is 22.7. The number of halogens is 1. The average molecular weight is 450 g/mol. The summed E-state index contributed by atoms with van der Waals surface area (Å²) in [5.41, 5.74) is 1.78. The number of ether oxygens (including phenoxy) is 1. The summed E-state index contributed by atoms with van der Waals surface area (Å²) in [6.45, 7) is 0. The number of aryl methyl sites for hydroxylation is 1. The number of carbonyl (C=O) groups is 2. The molecule has 2 heterocycles. The highest BCUT2D eigenvalue weighted by Crippen LogP contribution is 2.38. The van der Waals surface area contributed by atoms with Crippen molar-refractivity contribution in [2.45, 2.75) is 25.7 Å². The number of nitriles is 1. The van der Waals surface area contributed by atoms with E-state index in [-0.39, 0.29) is 11.4 Å². The van der Waals surface area contributed by atoms with E-state index in [1.165, 1.54) is 36.7 Å². The van der Waals surface area contributed by atoms with Gasteiger partial charge in [-0.25, -0.2) is 9.18 Å². The van der Waals surface area contributed by atoms with Crippen molar-refractivity contribution in [3.05, 3.63) is 69.6 Å². The molecule has 0 saturated heterocycles. The van der Waals surface area contributed by atoms with Crippen molar-refractivity contribution in [3.63, 3.8) is 0 Å². The van der Waals surface area contributed by atoms with Crippen LogP contribution in [0.5, 0.6) is 0 Å². The SMILES string of the molecule is COC(=O)c1c(NC(=O)C(C#N)=Cc2ccc(-c3ccc(F)cc3)o2)sc2c1CCCC2. The van der Waals surface area contributed by atoms with E-state index in [2.05, 4.69) is 5.32 Å². The van der Waals surface area contributed by atoms with Gasteiger partial charge >= 0.3 is 5.97 Å². The predicted octanol–water partition coefficient (Wildman–Crippen LogP) is 5.36. The molecule has 0 spiro atoms.